The van der Waals surface area contributed by atoms with Crippen LogP contribution in [0, 0.1) is 5.92 Å². The lowest BCUT2D eigenvalue weighted by atomic mass is 9.92. The number of hydrogen-bond donors (Lipinski definition) is 1. The van der Waals surface area contributed by atoms with E-state index in [0.29, 0.717) is 18.0 Å². The van der Waals surface area contributed by atoms with Crippen LogP contribution in [0.1, 0.15) is 31.9 Å². The minimum absolute atomic E-state index is 0. The van der Waals surface area contributed by atoms with Gasteiger partial charge in [0.1, 0.15) is 0 Å². The van der Waals surface area contributed by atoms with E-state index in [1.165, 1.54) is 5.56 Å². The maximum Gasteiger partial charge on any atom is 0.0409 e. The third-order valence-corrected chi connectivity index (χ3v) is 4.12. The van der Waals surface area contributed by atoms with Gasteiger partial charge in [-0.05, 0) is 37.0 Å². The average Bonchev–Trinajstić information content (AvgIpc) is 2.32. The van der Waals surface area contributed by atoms with Crippen LogP contribution in [-0.4, -0.2) is 24.0 Å². The van der Waals surface area contributed by atoms with Crippen LogP contribution in [0.2, 0.25) is 5.02 Å². The topological polar surface area (TPSA) is 29.3 Å². The Kier molecular flexibility index (Phi) is 5.93. The van der Waals surface area contributed by atoms with E-state index in [-0.39, 0.29) is 12.4 Å². The molecule has 1 heterocycles. The SMILES string of the molecule is CC1CN(C(C)c2cccc(Cl)c2)CCC1N.Cl. The quantitative estimate of drug-likeness (QED) is 0.903. The number of benzene rings is 1. The van der Waals surface area contributed by atoms with Gasteiger partial charge in [0.2, 0.25) is 0 Å². The van der Waals surface area contributed by atoms with Crippen LogP contribution < -0.4 is 5.73 Å². The highest BCUT2D eigenvalue weighted by atomic mass is 35.5. The van der Waals surface area contributed by atoms with E-state index >= 15 is 0 Å². The highest BCUT2D eigenvalue weighted by Crippen LogP contribution is 2.27. The molecule has 1 saturated heterocycles. The Bertz CT molecular complexity index is 384. The van der Waals surface area contributed by atoms with Crippen molar-refractivity contribution in [3.05, 3.63) is 34.9 Å². The first kappa shape index (κ1) is 15.8. The predicted octanol–water partition coefficient (Wildman–Crippen LogP) is 3.49. The van der Waals surface area contributed by atoms with E-state index in [2.05, 4.69) is 30.9 Å². The van der Waals surface area contributed by atoms with Crippen molar-refractivity contribution in [2.45, 2.75) is 32.4 Å². The maximum absolute atomic E-state index is 6.06. The highest BCUT2D eigenvalue weighted by Gasteiger charge is 2.26. The molecule has 3 unspecified atom stereocenters. The number of rotatable bonds is 2. The number of nitrogens with two attached hydrogens (primary N) is 1. The van der Waals surface area contributed by atoms with E-state index in [0.717, 1.165) is 24.5 Å². The first-order valence-corrected chi connectivity index (χ1v) is 6.71. The fourth-order valence-corrected chi connectivity index (χ4v) is 2.72. The van der Waals surface area contributed by atoms with Crippen LogP contribution in [0.15, 0.2) is 24.3 Å². The monoisotopic (exact) mass is 288 g/mol. The van der Waals surface area contributed by atoms with Gasteiger partial charge in [0, 0.05) is 30.2 Å². The lowest BCUT2D eigenvalue weighted by Gasteiger charge is -2.38. The molecule has 1 aliphatic rings. The zero-order valence-electron chi connectivity index (χ0n) is 11.0. The van der Waals surface area contributed by atoms with Crippen LogP contribution in [0.25, 0.3) is 0 Å². The largest absolute Gasteiger partial charge is 0.327 e. The molecule has 18 heavy (non-hydrogen) atoms. The number of hydrogen-bond acceptors (Lipinski definition) is 2. The lowest BCUT2D eigenvalue weighted by Crippen LogP contribution is -2.46. The Morgan fingerprint density at radius 3 is 2.78 bits per heavy atom. The van der Waals surface area contributed by atoms with Gasteiger partial charge in [0.15, 0.2) is 0 Å². The summed E-state index contributed by atoms with van der Waals surface area (Å²) < 4.78 is 0. The first-order chi connectivity index (χ1) is 8.08. The van der Waals surface area contributed by atoms with E-state index in [1.54, 1.807) is 0 Å². The molecule has 1 aromatic carbocycles. The summed E-state index contributed by atoms with van der Waals surface area (Å²) in [5, 5.41) is 0.816. The summed E-state index contributed by atoms with van der Waals surface area (Å²) in [5.74, 6) is 0.574. The fourth-order valence-electron chi connectivity index (χ4n) is 2.53. The Balaban J connectivity index is 0.00000162. The van der Waals surface area contributed by atoms with Crippen LogP contribution in [0.5, 0.6) is 0 Å². The molecule has 1 fully saturated rings. The summed E-state index contributed by atoms with van der Waals surface area (Å²) >= 11 is 6.04. The van der Waals surface area contributed by atoms with Gasteiger partial charge in [0.05, 0.1) is 0 Å². The molecule has 0 spiro atoms. The van der Waals surface area contributed by atoms with Crippen molar-refractivity contribution >= 4 is 24.0 Å². The third kappa shape index (κ3) is 3.61. The summed E-state index contributed by atoms with van der Waals surface area (Å²) in [6.07, 6.45) is 1.09. The van der Waals surface area contributed by atoms with Gasteiger partial charge in [-0.1, -0.05) is 30.7 Å². The summed E-state index contributed by atoms with van der Waals surface area (Å²) in [6.45, 7) is 6.64. The molecule has 0 saturated carbocycles. The molecular formula is C14H22Cl2N2. The molecule has 1 aromatic rings. The maximum atomic E-state index is 6.06. The van der Waals surface area contributed by atoms with Gasteiger partial charge >= 0.3 is 0 Å². The van der Waals surface area contributed by atoms with Crippen molar-refractivity contribution in [2.75, 3.05) is 13.1 Å². The molecule has 2 N–H and O–H groups in total. The van der Waals surface area contributed by atoms with Gasteiger partial charge in [-0.2, -0.15) is 0 Å². The Labute approximate surface area is 121 Å². The van der Waals surface area contributed by atoms with Gasteiger partial charge in [-0.3, -0.25) is 4.90 Å². The lowest BCUT2D eigenvalue weighted by molar-refractivity contribution is 0.124. The van der Waals surface area contributed by atoms with Crippen molar-refractivity contribution in [1.29, 1.82) is 0 Å². The Hall–Kier alpha value is -0.280. The normalized spacial score (nSPS) is 26.4. The molecule has 0 radical (unpaired) electrons. The standard InChI is InChI=1S/C14H21ClN2.ClH/c1-10-9-17(7-6-14(10)16)11(2)12-4-3-5-13(15)8-12;/h3-5,8,10-11,14H,6-7,9,16H2,1-2H3;1H. The van der Waals surface area contributed by atoms with Crippen LogP contribution in [-0.2, 0) is 0 Å². The molecule has 2 nitrogen and oxygen atoms in total. The van der Waals surface area contributed by atoms with Crippen molar-refractivity contribution in [3.8, 4) is 0 Å². The molecule has 4 heteroatoms. The second-order valence-electron chi connectivity index (χ2n) is 5.16. The minimum Gasteiger partial charge on any atom is -0.327 e. The molecule has 0 aliphatic carbocycles. The summed E-state index contributed by atoms with van der Waals surface area (Å²) in [5.41, 5.74) is 7.35. The molecule has 2 rings (SSSR count). The smallest absolute Gasteiger partial charge is 0.0409 e. The summed E-state index contributed by atoms with van der Waals surface area (Å²) in [4.78, 5) is 2.50. The molecular weight excluding hydrogens is 267 g/mol. The molecule has 0 aromatic heterocycles. The van der Waals surface area contributed by atoms with E-state index in [1.807, 2.05) is 12.1 Å². The highest BCUT2D eigenvalue weighted by molar-refractivity contribution is 6.30. The Morgan fingerprint density at radius 1 is 1.44 bits per heavy atom. The van der Waals surface area contributed by atoms with Gasteiger partial charge in [0.25, 0.3) is 0 Å². The second-order valence-corrected chi connectivity index (χ2v) is 5.59. The van der Waals surface area contributed by atoms with Gasteiger partial charge in [-0.15, -0.1) is 12.4 Å². The molecule has 3 atom stereocenters. The minimum atomic E-state index is 0. The summed E-state index contributed by atoms with van der Waals surface area (Å²) in [6, 6.07) is 8.93. The first-order valence-electron chi connectivity index (χ1n) is 6.33. The van der Waals surface area contributed by atoms with Gasteiger partial charge < -0.3 is 5.73 Å². The second kappa shape index (κ2) is 6.76. The van der Waals surface area contributed by atoms with E-state index in [9.17, 15) is 0 Å². The third-order valence-electron chi connectivity index (χ3n) is 3.88. The van der Waals surface area contributed by atoms with E-state index < -0.39 is 0 Å². The Morgan fingerprint density at radius 2 is 2.17 bits per heavy atom. The van der Waals surface area contributed by atoms with Crippen molar-refractivity contribution in [1.82, 2.24) is 4.90 Å². The van der Waals surface area contributed by atoms with Crippen LogP contribution in [0.4, 0.5) is 0 Å². The zero-order valence-corrected chi connectivity index (χ0v) is 12.5. The number of piperidine rings is 1. The number of halogens is 2. The van der Waals surface area contributed by atoms with Crippen molar-refractivity contribution in [2.24, 2.45) is 11.7 Å². The number of likely N-dealkylation sites (tertiary alicyclic amines) is 1. The average molecular weight is 289 g/mol. The molecule has 0 amide bonds. The van der Waals surface area contributed by atoms with Crippen molar-refractivity contribution < 1.29 is 0 Å². The zero-order chi connectivity index (χ0) is 12.4. The van der Waals surface area contributed by atoms with E-state index in [4.69, 9.17) is 17.3 Å². The predicted molar refractivity (Wildman–Crippen MR) is 80.4 cm³/mol. The van der Waals surface area contributed by atoms with Crippen LogP contribution in [0.3, 0.4) is 0 Å². The summed E-state index contributed by atoms with van der Waals surface area (Å²) in [7, 11) is 0. The fraction of sp³-hybridized carbons (Fsp3) is 0.571. The number of nitrogens with zero attached hydrogens (tertiary/aromatic N) is 1. The van der Waals surface area contributed by atoms with Crippen LogP contribution >= 0.6 is 24.0 Å². The van der Waals surface area contributed by atoms with Crippen molar-refractivity contribution in [3.63, 3.8) is 0 Å². The molecule has 0 bridgehead atoms. The van der Waals surface area contributed by atoms with Gasteiger partial charge in [-0.25, -0.2) is 0 Å². The molecule has 1 aliphatic heterocycles. The molecule has 102 valence electrons.